The van der Waals surface area contributed by atoms with Gasteiger partial charge in [-0.05, 0) is 55.4 Å². The van der Waals surface area contributed by atoms with Crippen LogP contribution in [0.4, 0.5) is 0 Å². The second kappa shape index (κ2) is 8.35. The van der Waals surface area contributed by atoms with E-state index in [9.17, 15) is 9.59 Å². The van der Waals surface area contributed by atoms with Gasteiger partial charge in [-0.3, -0.25) is 18.8 Å². The second-order valence-electron chi connectivity index (χ2n) is 8.77. The zero-order valence-electron chi connectivity index (χ0n) is 18.1. The summed E-state index contributed by atoms with van der Waals surface area (Å²) >= 11 is 0. The van der Waals surface area contributed by atoms with Gasteiger partial charge < -0.3 is 5.32 Å². The molecule has 1 N–H and O–H groups in total. The van der Waals surface area contributed by atoms with Crippen LogP contribution in [0, 0.1) is 0 Å². The van der Waals surface area contributed by atoms with E-state index >= 15 is 0 Å². The van der Waals surface area contributed by atoms with E-state index in [2.05, 4.69) is 34.5 Å². The lowest BCUT2D eigenvalue weighted by Gasteiger charge is -2.40. The molecule has 31 heavy (non-hydrogen) atoms. The Morgan fingerprint density at radius 3 is 2.48 bits per heavy atom. The summed E-state index contributed by atoms with van der Waals surface area (Å²) in [6, 6.07) is 17.4. The van der Waals surface area contributed by atoms with Gasteiger partial charge >= 0.3 is 5.69 Å². The number of hydrogen-bond donors (Lipinski definition) is 1. The van der Waals surface area contributed by atoms with Gasteiger partial charge in [0.2, 0.25) is 5.91 Å². The zero-order chi connectivity index (χ0) is 21.4. The molecule has 6 nitrogen and oxygen atoms in total. The minimum Gasteiger partial charge on any atom is -0.358 e. The molecule has 0 saturated carbocycles. The van der Waals surface area contributed by atoms with Crippen molar-refractivity contribution in [3.05, 3.63) is 70.1 Å². The highest BCUT2D eigenvalue weighted by molar-refractivity contribution is 5.80. The molecule has 1 aliphatic heterocycles. The van der Waals surface area contributed by atoms with Gasteiger partial charge in [-0.1, -0.05) is 36.4 Å². The number of carbonyl (C=O) groups is 1. The van der Waals surface area contributed by atoms with Crippen molar-refractivity contribution in [3.8, 4) is 0 Å². The minimum atomic E-state index is -0.157. The first-order valence-electron chi connectivity index (χ1n) is 11.4. The number of amides is 1. The van der Waals surface area contributed by atoms with Crippen LogP contribution in [0.2, 0.25) is 0 Å². The Morgan fingerprint density at radius 2 is 1.71 bits per heavy atom. The highest BCUT2D eigenvalue weighted by Gasteiger charge is 2.31. The smallest absolute Gasteiger partial charge is 0.329 e. The first-order valence-corrected chi connectivity index (χ1v) is 11.4. The highest BCUT2D eigenvalue weighted by atomic mass is 16.2. The van der Waals surface area contributed by atoms with E-state index in [0.29, 0.717) is 6.04 Å². The largest absolute Gasteiger partial charge is 0.358 e. The molecule has 0 radical (unpaired) electrons. The lowest BCUT2D eigenvalue weighted by Crippen LogP contribution is -2.41. The summed E-state index contributed by atoms with van der Waals surface area (Å²) in [5.74, 6) is -0.157. The summed E-state index contributed by atoms with van der Waals surface area (Å²) in [5.41, 5.74) is 4.67. The van der Waals surface area contributed by atoms with Crippen LogP contribution in [0.3, 0.4) is 0 Å². The third-order valence-corrected chi connectivity index (χ3v) is 7.09. The number of likely N-dealkylation sites (tertiary alicyclic amines) is 1. The van der Waals surface area contributed by atoms with Crippen LogP contribution >= 0.6 is 0 Å². The molecule has 162 valence electrons. The molecule has 1 fully saturated rings. The fourth-order valence-electron chi connectivity index (χ4n) is 5.52. The number of aryl methyl sites for hydroxylation is 1. The number of nitrogens with one attached hydrogen (secondary N) is 1. The Morgan fingerprint density at radius 1 is 1.00 bits per heavy atom. The summed E-state index contributed by atoms with van der Waals surface area (Å²) in [4.78, 5) is 27.9. The van der Waals surface area contributed by atoms with E-state index in [1.807, 2.05) is 28.8 Å². The monoisotopic (exact) mass is 418 g/mol. The SMILES string of the molecule is CNC(=O)Cn1c(=O)n(C2CCN([C@@H]3CCCc4ccccc43)CC2)c2ccccc21. The van der Waals surface area contributed by atoms with Crippen molar-refractivity contribution in [3.63, 3.8) is 0 Å². The average molecular weight is 419 g/mol. The fourth-order valence-corrected chi connectivity index (χ4v) is 5.52. The van der Waals surface area contributed by atoms with Crippen LogP contribution in [-0.4, -0.2) is 40.1 Å². The number of likely N-dealkylation sites (N-methyl/N-ethyl adjacent to an activating group) is 1. The number of fused-ring (bicyclic) bond motifs is 2. The lowest BCUT2D eigenvalue weighted by atomic mass is 9.86. The lowest BCUT2D eigenvalue weighted by molar-refractivity contribution is -0.121. The van der Waals surface area contributed by atoms with Crippen molar-refractivity contribution >= 4 is 16.9 Å². The first-order chi connectivity index (χ1) is 15.2. The highest BCUT2D eigenvalue weighted by Crippen LogP contribution is 2.37. The number of imidazole rings is 1. The van der Waals surface area contributed by atoms with Crippen molar-refractivity contribution < 1.29 is 4.79 Å². The predicted octanol–water partition coefficient (Wildman–Crippen LogP) is 3.26. The van der Waals surface area contributed by atoms with E-state index in [-0.39, 0.29) is 24.2 Å². The van der Waals surface area contributed by atoms with Crippen molar-refractivity contribution in [2.75, 3.05) is 20.1 Å². The van der Waals surface area contributed by atoms with Gasteiger partial charge in [-0.2, -0.15) is 0 Å². The molecule has 2 aromatic carbocycles. The molecule has 1 aromatic heterocycles. The summed E-state index contributed by atoms with van der Waals surface area (Å²) in [6.07, 6.45) is 5.55. The van der Waals surface area contributed by atoms with Crippen molar-refractivity contribution in [2.45, 2.75) is 50.7 Å². The standard InChI is InChI=1S/C25H30N4O2/c1-26-24(30)17-28-22-10-4-5-11-23(22)29(25(28)31)19-13-15-27(16-14-19)21-12-6-8-18-7-2-3-9-20(18)21/h2-5,7,9-11,19,21H,6,8,12-17H2,1H3,(H,26,30)/t21-/m1/s1. The molecule has 1 aliphatic carbocycles. The van der Waals surface area contributed by atoms with Gasteiger partial charge in [-0.25, -0.2) is 4.79 Å². The Kier molecular flexibility index (Phi) is 5.40. The number of para-hydroxylation sites is 2. The third-order valence-electron chi connectivity index (χ3n) is 7.09. The van der Waals surface area contributed by atoms with E-state index in [1.165, 1.54) is 30.4 Å². The van der Waals surface area contributed by atoms with E-state index < -0.39 is 0 Å². The molecule has 2 aliphatic rings. The van der Waals surface area contributed by atoms with Crippen LogP contribution in [0.25, 0.3) is 11.0 Å². The molecule has 2 heterocycles. The third kappa shape index (κ3) is 3.59. The number of rotatable bonds is 4. The molecule has 0 unspecified atom stereocenters. The van der Waals surface area contributed by atoms with E-state index in [4.69, 9.17) is 0 Å². The molecule has 3 aromatic rings. The number of aromatic nitrogens is 2. The molecule has 0 bridgehead atoms. The van der Waals surface area contributed by atoms with Gasteiger partial charge in [0.1, 0.15) is 6.54 Å². The number of carbonyl (C=O) groups excluding carboxylic acids is 1. The van der Waals surface area contributed by atoms with Gasteiger partial charge in [0.05, 0.1) is 11.0 Å². The minimum absolute atomic E-state index is 0.0561. The summed E-state index contributed by atoms with van der Waals surface area (Å²) in [5, 5.41) is 2.63. The quantitative estimate of drug-likeness (QED) is 0.708. The van der Waals surface area contributed by atoms with Crippen molar-refractivity contribution in [1.82, 2.24) is 19.4 Å². The van der Waals surface area contributed by atoms with Crippen LogP contribution in [0.1, 0.15) is 48.9 Å². The number of piperidine rings is 1. The maximum Gasteiger partial charge on any atom is 0.329 e. The van der Waals surface area contributed by atoms with Gasteiger partial charge in [0.25, 0.3) is 0 Å². The molecule has 1 atom stereocenters. The topological polar surface area (TPSA) is 59.3 Å². The molecular formula is C25H30N4O2. The Hall–Kier alpha value is -2.86. The summed E-state index contributed by atoms with van der Waals surface area (Å²) in [7, 11) is 1.60. The average Bonchev–Trinajstić information content (AvgIpc) is 3.10. The fraction of sp³-hybridized carbons (Fsp3) is 0.440. The molecular weight excluding hydrogens is 388 g/mol. The van der Waals surface area contributed by atoms with Gasteiger partial charge in [0, 0.05) is 32.2 Å². The number of nitrogens with zero attached hydrogens (tertiary/aromatic N) is 3. The van der Waals surface area contributed by atoms with Gasteiger partial charge in [0.15, 0.2) is 0 Å². The summed E-state index contributed by atoms with van der Waals surface area (Å²) < 4.78 is 3.54. The Balaban J connectivity index is 1.40. The molecule has 1 saturated heterocycles. The maximum atomic E-state index is 13.3. The predicted molar refractivity (Wildman–Crippen MR) is 122 cm³/mol. The van der Waals surface area contributed by atoms with Crippen molar-refractivity contribution in [2.24, 2.45) is 0 Å². The second-order valence-corrected chi connectivity index (χ2v) is 8.77. The summed E-state index contributed by atoms with van der Waals surface area (Å²) in [6.45, 7) is 2.04. The van der Waals surface area contributed by atoms with Crippen LogP contribution in [0.15, 0.2) is 53.3 Å². The molecule has 1 amide bonds. The Labute approximate surface area is 182 Å². The van der Waals surface area contributed by atoms with Gasteiger partial charge in [-0.15, -0.1) is 0 Å². The van der Waals surface area contributed by atoms with Crippen molar-refractivity contribution in [1.29, 1.82) is 0 Å². The van der Waals surface area contributed by atoms with Crippen LogP contribution < -0.4 is 11.0 Å². The van der Waals surface area contributed by atoms with Crippen LogP contribution in [-0.2, 0) is 17.8 Å². The number of benzene rings is 2. The molecule has 5 rings (SSSR count). The van der Waals surface area contributed by atoms with E-state index in [0.717, 1.165) is 37.0 Å². The molecule has 0 spiro atoms. The van der Waals surface area contributed by atoms with E-state index in [1.54, 1.807) is 11.6 Å². The maximum absolute atomic E-state index is 13.3. The zero-order valence-corrected chi connectivity index (χ0v) is 18.1. The number of hydrogen-bond acceptors (Lipinski definition) is 3. The van der Waals surface area contributed by atoms with Crippen LogP contribution in [0.5, 0.6) is 0 Å². The normalized spacial score (nSPS) is 20.0. The Bertz CT molecular complexity index is 1150. The first kappa shape index (κ1) is 20.1. The molecule has 6 heteroatoms.